The van der Waals surface area contributed by atoms with Crippen molar-refractivity contribution in [3.05, 3.63) is 12.7 Å². The van der Waals surface area contributed by atoms with Crippen LogP contribution in [0.15, 0.2) is 12.7 Å². The van der Waals surface area contributed by atoms with Gasteiger partial charge in [0.2, 0.25) is 0 Å². The number of allylic oxidation sites excluding steroid dienone is 1. The monoisotopic (exact) mass is 224 g/mol. The summed E-state index contributed by atoms with van der Waals surface area (Å²) in [6.45, 7) is 3.58. The average molecular weight is 224 g/mol. The van der Waals surface area contributed by atoms with Gasteiger partial charge in [-0.2, -0.15) is 0 Å². The third kappa shape index (κ3) is 3.80. The fraction of sp³-hybridized carbons (Fsp3) is 0.692. The lowest BCUT2D eigenvalue weighted by molar-refractivity contribution is -0.145. The van der Waals surface area contributed by atoms with Gasteiger partial charge < -0.3 is 5.11 Å². The maximum Gasteiger partial charge on any atom is 0.306 e. The molecule has 0 heterocycles. The molecule has 0 radical (unpaired) electrons. The van der Waals surface area contributed by atoms with Crippen LogP contribution in [0.25, 0.3) is 0 Å². The summed E-state index contributed by atoms with van der Waals surface area (Å²) in [5, 5.41) is 9.07. The summed E-state index contributed by atoms with van der Waals surface area (Å²) in [6.07, 6.45) is 7.02. The van der Waals surface area contributed by atoms with Crippen molar-refractivity contribution in [1.82, 2.24) is 0 Å². The van der Waals surface area contributed by atoms with Crippen molar-refractivity contribution in [2.24, 2.45) is 11.8 Å². The van der Waals surface area contributed by atoms with E-state index < -0.39 is 5.97 Å². The van der Waals surface area contributed by atoms with Crippen LogP contribution in [0.1, 0.15) is 44.9 Å². The molecule has 16 heavy (non-hydrogen) atoms. The Labute approximate surface area is 96.5 Å². The first-order valence-corrected chi connectivity index (χ1v) is 6.00. The Kier molecular flexibility index (Phi) is 5.23. The molecule has 0 aliphatic heterocycles. The fourth-order valence-electron chi connectivity index (χ4n) is 2.43. The summed E-state index contributed by atoms with van der Waals surface area (Å²) in [7, 11) is 0. The summed E-state index contributed by atoms with van der Waals surface area (Å²) >= 11 is 0. The highest BCUT2D eigenvalue weighted by Crippen LogP contribution is 2.33. The molecular formula is C13H20O3. The highest BCUT2D eigenvalue weighted by atomic mass is 16.4. The van der Waals surface area contributed by atoms with Crippen LogP contribution in [0, 0.1) is 11.8 Å². The summed E-state index contributed by atoms with van der Waals surface area (Å²) in [5.74, 6) is -0.802. The van der Waals surface area contributed by atoms with E-state index in [2.05, 4.69) is 6.58 Å². The van der Waals surface area contributed by atoms with Gasteiger partial charge in [-0.15, -0.1) is 6.58 Å². The van der Waals surface area contributed by atoms with E-state index >= 15 is 0 Å². The molecule has 1 saturated carbocycles. The van der Waals surface area contributed by atoms with Crippen molar-refractivity contribution in [2.45, 2.75) is 44.9 Å². The predicted molar refractivity (Wildman–Crippen MR) is 62.1 cm³/mol. The minimum Gasteiger partial charge on any atom is -0.481 e. The Hall–Kier alpha value is -1.12. The van der Waals surface area contributed by atoms with Gasteiger partial charge in [0.1, 0.15) is 5.78 Å². The molecule has 2 atom stereocenters. The van der Waals surface area contributed by atoms with Crippen LogP contribution in [0.3, 0.4) is 0 Å². The maximum atomic E-state index is 11.6. The number of carbonyl (C=O) groups excluding carboxylic acids is 1. The van der Waals surface area contributed by atoms with E-state index in [1.54, 1.807) is 6.08 Å². The van der Waals surface area contributed by atoms with Crippen LogP contribution >= 0.6 is 0 Å². The molecule has 0 unspecified atom stereocenters. The van der Waals surface area contributed by atoms with Crippen LogP contribution in [-0.2, 0) is 9.59 Å². The topological polar surface area (TPSA) is 54.4 Å². The Morgan fingerprint density at radius 2 is 2.00 bits per heavy atom. The molecule has 1 aliphatic carbocycles. The van der Waals surface area contributed by atoms with Gasteiger partial charge in [0.15, 0.2) is 0 Å². The normalized spacial score (nSPS) is 25.0. The maximum absolute atomic E-state index is 11.6. The SMILES string of the molecule is C=CCCC(=O)C[C@@H]1CCCC[C@H]1C(=O)O. The number of ketones is 1. The van der Waals surface area contributed by atoms with Crippen molar-refractivity contribution in [2.75, 3.05) is 0 Å². The smallest absolute Gasteiger partial charge is 0.306 e. The average Bonchev–Trinajstić information content (AvgIpc) is 2.27. The number of aliphatic carboxylic acids is 1. The molecule has 0 bridgehead atoms. The quantitative estimate of drug-likeness (QED) is 0.706. The number of Topliss-reactive ketones (excluding diaryl/α,β-unsaturated/α-hetero) is 1. The Morgan fingerprint density at radius 1 is 1.31 bits per heavy atom. The van der Waals surface area contributed by atoms with Gasteiger partial charge in [0.05, 0.1) is 5.92 Å². The van der Waals surface area contributed by atoms with E-state index in [4.69, 9.17) is 5.11 Å². The first kappa shape index (κ1) is 12.9. The zero-order chi connectivity index (χ0) is 12.0. The summed E-state index contributed by atoms with van der Waals surface area (Å²) in [5.41, 5.74) is 0. The van der Waals surface area contributed by atoms with Gasteiger partial charge >= 0.3 is 5.97 Å². The van der Waals surface area contributed by atoms with Crippen molar-refractivity contribution in [3.8, 4) is 0 Å². The number of hydrogen-bond donors (Lipinski definition) is 1. The van der Waals surface area contributed by atoms with E-state index in [0.717, 1.165) is 25.7 Å². The van der Waals surface area contributed by atoms with Gasteiger partial charge in [0, 0.05) is 12.8 Å². The van der Waals surface area contributed by atoms with Crippen molar-refractivity contribution in [3.63, 3.8) is 0 Å². The van der Waals surface area contributed by atoms with Crippen LogP contribution < -0.4 is 0 Å². The molecular weight excluding hydrogens is 204 g/mol. The standard InChI is InChI=1S/C13H20O3/c1-2-3-7-11(14)9-10-6-4-5-8-12(10)13(15)16/h2,10,12H,1,3-9H2,(H,15,16)/t10-,12+/m0/s1. The number of carbonyl (C=O) groups is 2. The largest absolute Gasteiger partial charge is 0.481 e. The molecule has 1 rings (SSSR count). The summed E-state index contributed by atoms with van der Waals surface area (Å²) in [4.78, 5) is 22.6. The van der Waals surface area contributed by atoms with Gasteiger partial charge in [0.25, 0.3) is 0 Å². The van der Waals surface area contributed by atoms with E-state index in [1.165, 1.54) is 0 Å². The Bertz CT molecular complexity index is 270. The highest BCUT2D eigenvalue weighted by molar-refractivity contribution is 5.80. The predicted octanol–water partition coefficient (Wildman–Crippen LogP) is 2.80. The number of carboxylic acids is 1. The highest BCUT2D eigenvalue weighted by Gasteiger charge is 2.31. The zero-order valence-corrected chi connectivity index (χ0v) is 9.65. The second-order valence-electron chi connectivity index (χ2n) is 4.56. The summed E-state index contributed by atoms with van der Waals surface area (Å²) < 4.78 is 0. The first-order chi connectivity index (χ1) is 7.65. The molecule has 0 amide bonds. The molecule has 90 valence electrons. The Balaban J connectivity index is 2.46. The van der Waals surface area contributed by atoms with Crippen molar-refractivity contribution >= 4 is 11.8 Å². The van der Waals surface area contributed by atoms with Crippen molar-refractivity contribution in [1.29, 1.82) is 0 Å². The van der Waals surface area contributed by atoms with Gasteiger partial charge in [-0.05, 0) is 25.2 Å². The minimum absolute atomic E-state index is 0.0589. The third-order valence-electron chi connectivity index (χ3n) is 3.34. The molecule has 0 saturated heterocycles. The molecule has 3 heteroatoms. The molecule has 0 aromatic rings. The van der Waals surface area contributed by atoms with Crippen LogP contribution in [0.4, 0.5) is 0 Å². The lowest BCUT2D eigenvalue weighted by Crippen LogP contribution is -2.28. The third-order valence-corrected chi connectivity index (χ3v) is 3.34. The lowest BCUT2D eigenvalue weighted by atomic mass is 9.76. The number of rotatable bonds is 6. The van der Waals surface area contributed by atoms with Gasteiger partial charge in [-0.3, -0.25) is 9.59 Å². The van der Waals surface area contributed by atoms with Gasteiger partial charge in [-0.25, -0.2) is 0 Å². The van der Waals surface area contributed by atoms with E-state index in [1.807, 2.05) is 0 Å². The van der Waals surface area contributed by atoms with Crippen LogP contribution in [-0.4, -0.2) is 16.9 Å². The van der Waals surface area contributed by atoms with Crippen LogP contribution in [0.5, 0.6) is 0 Å². The number of carboxylic acid groups (broad SMARTS) is 1. The van der Waals surface area contributed by atoms with Crippen LogP contribution in [0.2, 0.25) is 0 Å². The minimum atomic E-state index is -0.735. The molecule has 1 N–H and O–H groups in total. The molecule has 0 aromatic heterocycles. The molecule has 0 aromatic carbocycles. The second-order valence-corrected chi connectivity index (χ2v) is 4.56. The van der Waals surface area contributed by atoms with E-state index in [9.17, 15) is 9.59 Å². The molecule has 3 nitrogen and oxygen atoms in total. The zero-order valence-electron chi connectivity index (χ0n) is 9.65. The first-order valence-electron chi connectivity index (χ1n) is 6.00. The second kappa shape index (κ2) is 6.46. The fourth-order valence-corrected chi connectivity index (χ4v) is 2.43. The van der Waals surface area contributed by atoms with E-state index in [0.29, 0.717) is 19.3 Å². The van der Waals surface area contributed by atoms with E-state index in [-0.39, 0.29) is 17.6 Å². The lowest BCUT2D eigenvalue weighted by Gasteiger charge is -2.27. The molecule has 1 fully saturated rings. The van der Waals surface area contributed by atoms with Crippen molar-refractivity contribution < 1.29 is 14.7 Å². The number of hydrogen-bond acceptors (Lipinski definition) is 2. The van der Waals surface area contributed by atoms with Gasteiger partial charge in [-0.1, -0.05) is 18.9 Å². The molecule has 0 spiro atoms. The molecule has 1 aliphatic rings. The summed E-state index contributed by atoms with van der Waals surface area (Å²) in [6, 6.07) is 0. The Morgan fingerprint density at radius 3 is 2.62 bits per heavy atom.